The third-order valence-corrected chi connectivity index (χ3v) is 3.74. The first kappa shape index (κ1) is 14.0. The SMILES string of the molecule is CC(CC(=O)N1CCNCC1C)c1ccccc1F. The fourth-order valence-corrected chi connectivity index (χ4v) is 2.58. The van der Waals surface area contributed by atoms with Crippen molar-refractivity contribution in [1.82, 2.24) is 10.2 Å². The minimum Gasteiger partial charge on any atom is -0.337 e. The van der Waals surface area contributed by atoms with Gasteiger partial charge in [-0.1, -0.05) is 25.1 Å². The number of halogens is 1. The lowest BCUT2D eigenvalue weighted by molar-refractivity contribution is -0.134. The molecular formula is C15H21FN2O. The molecular weight excluding hydrogens is 243 g/mol. The Labute approximate surface area is 113 Å². The highest BCUT2D eigenvalue weighted by Gasteiger charge is 2.25. The van der Waals surface area contributed by atoms with Gasteiger partial charge < -0.3 is 10.2 Å². The van der Waals surface area contributed by atoms with E-state index in [-0.39, 0.29) is 23.7 Å². The van der Waals surface area contributed by atoms with E-state index in [0.717, 1.165) is 19.6 Å². The van der Waals surface area contributed by atoms with Crippen LogP contribution in [-0.4, -0.2) is 36.5 Å². The molecule has 0 bridgehead atoms. The summed E-state index contributed by atoms with van der Waals surface area (Å²) in [5.41, 5.74) is 0.624. The van der Waals surface area contributed by atoms with E-state index < -0.39 is 0 Å². The van der Waals surface area contributed by atoms with Crippen molar-refractivity contribution in [2.75, 3.05) is 19.6 Å². The van der Waals surface area contributed by atoms with Gasteiger partial charge in [0, 0.05) is 32.1 Å². The molecule has 0 saturated carbocycles. The van der Waals surface area contributed by atoms with Crippen LogP contribution in [0.4, 0.5) is 4.39 Å². The number of carbonyl (C=O) groups excluding carboxylic acids is 1. The molecule has 0 spiro atoms. The van der Waals surface area contributed by atoms with Gasteiger partial charge in [-0.05, 0) is 24.5 Å². The Morgan fingerprint density at radius 3 is 2.95 bits per heavy atom. The van der Waals surface area contributed by atoms with Crippen molar-refractivity contribution in [3.63, 3.8) is 0 Å². The van der Waals surface area contributed by atoms with Crippen LogP contribution < -0.4 is 5.32 Å². The van der Waals surface area contributed by atoms with E-state index in [2.05, 4.69) is 5.32 Å². The van der Waals surface area contributed by atoms with E-state index in [9.17, 15) is 9.18 Å². The predicted octanol–water partition coefficient (Wildman–Crippen LogP) is 2.14. The van der Waals surface area contributed by atoms with E-state index in [0.29, 0.717) is 12.0 Å². The second-order valence-electron chi connectivity index (χ2n) is 5.27. The van der Waals surface area contributed by atoms with Gasteiger partial charge in [-0.25, -0.2) is 4.39 Å². The summed E-state index contributed by atoms with van der Waals surface area (Å²) in [5, 5.41) is 3.26. The second-order valence-corrected chi connectivity index (χ2v) is 5.27. The maximum absolute atomic E-state index is 13.7. The lowest BCUT2D eigenvalue weighted by Crippen LogP contribution is -2.52. The number of piperazine rings is 1. The first-order valence-electron chi connectivity index (χ1n) is 6.84. The van der Waals surface area contributed by atoms with Gasteiger partial charge >= 0.3 is 0 Å². The number of carbonyl (C=O) groups is 1. The molecule has 2 rings (SSSR count). The van der Waals surface area contributed by atoms with Crippen LogP contribution in [0.25, 0.3) is 0 Å². The molecule has 2 unspecified atom stereocenters. The first-order chi connectivity index (χ1) is 9.09. The number of amides is 1. The fourth-order valence-electron chi connectivity index (χ4n) is 2.58. The summed E-state index contributed by atoms with van der Waals surface area (Å²) in [6.07, 6.45) is 0.366. The van der Waals surface area contributed by atoms with E-state index in [1.54, 1.807) is 12.1 Å². The van der Waals surface area contributed by atoms with Crippen LogP contribution in [0.5, 0.6) is 0 Å². The third kappa shape index (κ3) is 3.32. The molecule has 1 aromatic carbocycles. The molecule has 1 N–H and O–H groups in total. The van der Waals surface area contributed by atoms with E-state index in [1.165, 1.54) is 6.07 Å². The van der Waals surface area contributed by atoms with Gasteiger partial charge in [0.05, 0.1) is 0 Å². The van der Waals surface area contributed by atoms with Gasteiger partial charge in [0.15, 0.2) is 0 Å². The van der Waals surface area contributed by atoms with Crippen LogP contribution >= 0.6 is 0 Å². The number of hydrogen-bond acceptors (Lipinski definition) is 2. The van der Waals surface area contributed by atoms with Crippen LogP contribution in [0, 0.1) is 5.82 Å². The molecule has 1 aromatic rings. The Balaban J connectivity index is 2.00. The normalized spacial score (nSPS) is 21.2. The highest BCUT2D eigenvalue weighted by molar-refractivity contribution is 5.77. The average Bonchev–Trinajstić information content (AvgIpc) is 2.39. The quantitative estimate of drug-likeness (QED) is 0.907. The smallest absolute Gasteiger partial charge is 0.223 e. The number of nitrogens with zero attached hydrogens (tertiary/aromatic N) is 1. The number of nitrogens with one attached hydrogen (secondary N) is 1. The van der Waals surface area contributed by atoms with Gasteiger partial charge in [0.25, 0.3) is 0 Å². The molecule has 104 valence electrons. The van der Waals surface area contributed by atoms with Gasteiger partial charge in [0.2, 0.25) is 5.91 Å². The maximum Gasteiger partial charge on any atom is 0.223 e. The highest BCUT2D eigenvalue weighted by Crippen LogP contribution is 2.23. The van der Waals surface area contributed by atoms with Crippen molar-refractivity contribution in [2.24, 2.45) is 0 Å². The lowest BCUT2D eigenvalue weighted by atomic mass is 9.96. The number of rotatable bonds is 3. The summed E-state index contributed by atoms with van der Waals surface area (Å²) in [4.78, 5) is 14.2. The van der Waals surface area contributed by atoms with Gasteiger partial charge in [0.1, 0.15) is 5.82 Å². The summed E-state index contributed by atoms with van der Waals surface area (Å²) in [6, 6.07) is 6.91. The molecule has 1 aliphatic rings. The molecule has 1 amide bonds. The summed E-state index contributed by atoms with van der Waals surface area (Å²) in [6.45, 7) is 6.36. The summed E-state index contributed by atoms with van der Waals surface area (Å²) in [5.74, 6) is -0.198. The molecule has 0 aromatic heterocycles. The Bertz CT molecular complexity index is 450. The van der Waals surface area contributed by atoms with Crippen LogP contribution in [0.2, 0.25) is 0 Å². The monoisotopic (exact) mass is 264 g/mol. The zero-order valence-electron chi connectivity index (χ0n) is 11.5. The fraction of sp³-hybridized carbons (Fsp3) is 0.533. The standard InChI is InChI=1S/C15H21FN2O/c1-11(13-5-3-4-6-14(13)16)9-15(19)18-8-7-17-10-12(18)2/h3-6,11-12,17H,7-10H2,1-2H3. The van der Waals surface area contributed by atoms with Crippen molar-refractivity contribution >= 4 is 5.91 Å². The topological polar surface area (TPSA) is 32.3 Å². The van der Waals surface area contributed by atoms with E-state index in [4.69, 9.17) is 0 Å². The van der Waals surface area contributed by atoms with E-state index >= 15 is 0 Å². The zero-order chi connectivity index (χ0) is 13.8. The van der Waals surface area contributed by atoms with Crippen molar-refractivity contribution in [2.45, 2.75) is 32.2 Å². The Kier molecular flexibility index (Phi) is 4.53. The first-order valence-corrected chi connectivity index (χ1v) is 6.84. The molecule has 1 heterocycles. The second kappa shape index (κ2) is 6.15. The molecule has 0 radical (unpaired) electrons. The third-order valence-electron chi connectivity index (χ3n) is 3.74. The van der Waals surface area contributed by atoms with Crippen LogP contribution in [0.3, 0.4) is 0 Å². The number of hydrogen-bond donors (Lipinski definition) is 1. The van der Waals surface area contributed by atoms with Crippen molar-refractivity contribution in [3.05, 3.63) is 35.6 Å². The highest BCUT2D eigenvalue weighted by atomic mass is 19.1. The Morgan fingerprint density at radius 1 is 1.53 bits per heavy atom. The van der Waals surface area contributed by atoms with Crippen molar-refractivity contribution < 1.29 is 9.18 Å². The molecule has 19 heavy (non-hydrogen) atoms. The van der Waals surface area contributed by atoms with Gasteiger partial charge in [-0.2, -0.15) is 0 Å². The summed E-state index contributed by atoms with van der Waals surface area (Å²) >= 11 is 0. The maximum atomic E-state index is 13.7. The molecule has 1 fully saturated rings. The number of benzene rings is 1. The van der Waals surface area contributed by atoms with Gasteiger partial charge in [-0.3, -0.25) is 4.79 Å². The van der Waals surface area contributed by atoms with E-state index in [1.807, 2.05) is 24.8 Å². The molecule has 2 atom stereocenters. The Morgan fingerprint density at radius 2 is 2.26 bits per heavy atom. The molecule has 4 heteroatoms. The van der Waals surface area contributed by atoms with Crippen molar-refractivity contribution in [1.29, 1.82) is 0 Å². The molecule has 1 aliphatic heterocycles. The van der Waals surface area contributed by atoms with Crippen LogP contribution in [-0.2, 0) is 4.79 Å². The summed E-state index contributed by atoms with van der Waals surface area (Å²) in [7, 11) is 0. The summed E-state index contributed by atoms with van der Waals surface area (Å²) < 4.78 is 13.7. The predicted molar refractivity (Wildman–Crippen MR) is 73.5 cm³/mol. The lowest BCUT2D eigenvalue weighted by Gasteiger charge is -2.34. The van der Waals surface area contributed by atoms with Crippen LogP contribution in [0.1, 0.15) is 31.7 Å². The minimum atomic E-state index is -0.226. The van der Waals surface area contributed by atoms with Crippen LogP contribution in [0.15, 0.2) is 24.3 Å². The Hall–Kier alpha value is -1.42. The molecule has 1 saturated heterocycles. The largest absolute Gasteiger partial charge is 0.337 e. The minimum absolute atomic E-state index is 0.0872. The van der Waals surface area contributed by atoms with Gasteiger partial charge in [-0.15, -0.1) is 0 Å². The zero-order valence-corrected chi connectivity index (χ0v) is 11.5. The molecule has 3 nitrogen and oxygen atoms in total. The average molecular weight is 264 g/mol. The van der Waals surface area contributed by atoms with Crippen molar-refractivity contribution in [3.8, 4) is 0 Å². The molecule has 0 aliphatic carbocycles.